The number of fused-ring (bicyclic) bond motifs is 2. The van der Waals surface area contributed by atoms with Crippen LogP contribution in [0.15, 0.2) is 43.1 Å². The van der Waals surface area contributed by atoms with Crippen LogP contribution < -0.4 is 14.8 Å². The molecule has 7 rings (SSSR count). The number of morpholine rings is 1. The molecule has 0 unspecified atom stereocenters. The van der Waals surface area contributed by atoms with E-state index in [1.165, 1.54) is 19.2 Å². The van der Waals surface area contributed by atoms with Crippen molar-refractivity contribution in [3.8, 4) is 28.8 Å². The quantitative estimate of drug-likeness (QED) is 0.178. The molecule has 2 aliphatic heterocycles. The average molecular weight is 724 g/mol. The van der Waals surface area contributed by atoms with Crippen molar-refractivity contribution in [1.29, 1.82) is 5.26 Å². The first-order valence-corrected chi connectivity index (χ1v) is 17.4. The van der Waals surface area contributed by atoms with Gasteiger partial charge in [-0.05, 0) is 73.6 Å². The highest BCUT2D eigenvalue weighted by atomic mass is 19.4. The van der Waals surface area contributed by atoms with E-state index in [9.17, 15) is 18.4 Å². The van der Waals surface area contributed by atoms with E-state index in [1.807, 2.05) is 17.8 Å². The number of benzene rings is 1. The highest BCUT2D eigenvalue weighted by molar-refractivity contribution is 5.67. The Bertz CT molecular complexity index is 1790. The third kappa shape index (κ3) is 8.60. The van der Waals surface area contributed by atoms with E-state index in [0.717, 1.165) is 44.5 Å². The molecule has 0 amide bonds. The number of halogens is 3. The molecule has 52 heavy (non-hydrogen) atoms. The molecule has 2 saturated heterocycles. The summed E-state index contributed by atoms with van der Waals surface area (Å²) in [5.74, 6) is 0.900. The summed E-state index contributed by atoms with van der Waals surface area (Å²) in [6.07, 6.45) is 8.23. The molecule has 15 nitrogen and oxygen atoms in total. The van der Waals surface area contributed by atoms with Gasteiger partial charge in [0.15, 0.2) is 0 Å². The van der Waals surface area contributed by atoms with Gasteiger partial charge in [-0.25, -0.2) is 14.6 Å². The van der Waals surface area contributed by atoms with Gasteiger partial charge in [0.1, 0.15) is 43.2 Å². The predicted molar refractivity (Wildman–Crippen MR) is 179 cm³/mol. The maximum atomic E-state index is 12.6. The zero-order chi connectivity index (χ0) is 36.1. The average Bonchev–Trinajstić information content (AvgIpc) is 3.86. The largest absolute Gasteiger partial charge is 0.487 e. The van der Waals surface area contributed by atoms with E-state index in [0.29, 0.717) is 47.2 Å². The number of hydrogen-bond acceptors (Lipinski definition) is 13. The summed E-state index contributed by atoms with van der Waals surface area (Å²) in [6.45, 7) is 2.15. The number of rotatable bonds is 14. The molecular weight excluding hydrogens is 683 g/mol. The van der Waals surface area contributed by atoms with Gasteiger partial charge in [0, 0.05) is 36.1 Å². The Kier molecular flexibility index (Phi) is 10.8. The minimum Gasteiger partial charge on any atom is -0.487 e. The van der Waals surface area contributed by atoms with E-state index in [-0.39, 0.29) is 37.2 Å². The number of nitrogens with zero attached hydrogens (tertiary/aromatic N) is 10. The lowest BCUT2D eigenvalue weighted by Gasteiger charge is -2.43. The van der Waals surface area contributed by atoms with E-state index in [1.54, 1.807) is 35.3 Å². The van der Waals surface area contributed by atoms with E-state index >= 15 is 0 Å². The summed E-state index contributed by atoms with van der Waals surface area (Å²) in [4.78, 5) is 11.7. The van der Waals surface area contributed by atoms with Crippen LogP contribution in [0.25, 0.3) is 11.1 Å². The number of nitriles is 1. The van der Waals surface area contributed by atoms with Crippen LogP contribution in [-0.2, 0) is 16.0 Å². The standard InChI is InChI=1S/C34H40F3N11O4/c1-22(16-46-21-41-44-45-46)52-31-12-23(2-3-24(31)13-38)25-14-39-33(40-15-25)42-30-17-47(43-32(30)51-11-10-49-20-34(35,36)37)26-4-6-27(7-5-26)48-28-8-9-29(48)19-50-18-28/h2-3,12,14-15,17,21-22,26-29H,4-11,16,18-20H2,1H3,(H,39,40,42)/t22-,26?,27?,28-,29+/m0/s1. The minimum atomic E-state index is -4.42. The Labute approximate surface area is 298 Å². The molecule has 18 heteroatoms. The number of alkyl halides is 3. The van der Waals surface area contributed by atoms with Crippen molar-refractivity contribution in [1.82, 2.24) is 44.9 Å². The van der Waals surface area contributed by atoms with Crippen LogP contribution in [0.2, 0.25) is 0 Å². The van der Waals surface area contributed by atoms with Crippen LogP contribution in [0, 0.1) is 11.3 Å². The SMILES string of the molecule is C[C@@H](Cn1cnnn1)Oc1cc(-c2cnc(Nc3cn(C4CCC(N5[C@@H]6CC[C@H]5COC6)CC4)nc3OCCOCC(F)(F)F)nc2)ccc1C#N. The van der Waals surface area contributed by atoms with Gasteiger partial charge in [0.05, 0.1) is 44.2 Å². The Morgan fingerprint density at radius 2 is 1.73 bits per heavy atom. The summed E-state index contributed by atoms with van der Waals surface area (Å²) in [5.41, 5.74) is 2.29. The molecule has 3 aliphatic rings. The first-order valence-electron chi connectivity index (χ1n) is 17.4. The molecule has 3 atom stereocenters. The first-order chi connectivity index (χ1) is 25.2. The van der Waals surface area contributed by atoms with Gasteiger partial charge < -0.3 is 24.3 Å². The fraction of sp³-hybridized carbons (Fsp3) is 0.559. The number of ether oxygens (including phenoxy) is 4. The van der Waals surface area contributed by atoms with Gasteiger partial charge in [-0.1, -0.05) is 6.07 Å². The Balaban J connectivity index is 1.03. The molecule has 3 aromatic heterocycles. The van der Waals surface area contributed by atoms with Gasteiger partial charge in [0.25, 0.3) is 5.88 Å². The monoisotopic (exact) mass is 723 g/mol. The zero-order valence-corrected chi connectivity index (χ0v) is 28.7. The zero-order valence-electron chi connectivity index (χ0n) is 28.7. The third-order valence-corrected chi connectivity index (χ3v) is 9.69. The van der Waals surface area contributed by atoms with Gasteiger partial charge in [-0.15, -0.1) is 10.2 Å². The molecule has 2 bridgehead atoms. The van der Waals surface area contributed by atoms with Gasteiger partial charge >= 0.3 is 6.18 Å². The first kappa shape index (κ1) is 35.5. The molecule has 1 aromatic carbocycles. The Morgan fingerprint density at radius 3 is 2.42 bits per heavy atom. The maximum absolute atomic E-state index is 12.6. The second-order valence-electron chi connectivity index (χ2n) is 13.4. The highest BCUT2D eigenvalue weighted by Crippen LogP contribution is 2.39. The lowest BCUT2D eigenvalue weighted by atomic mass is 9.89. The molecule has 5 heterocycles. The van der Waals surface area contributed by atoms with Crippen LogP contribution >= 0.6 is 0 Å². The number of nitrogens with one attached hydrogen (secondary N) is 1. The smallest absolute Gasteiger partial charge is 0.411 e. The lowest BCUT2D eigenvalue weighted by molar-refractivity contribution is -0.175. The highest BCUT2D eigenvalue weighted by Gasteiger charge is 2.42. The number of hydrogen-bond donors (Lipinski definition) is 1. The molecule has 4 aromatic rings. The number of aromatic nitrogens is 8. The van der Waals surface area contributed by atoms with Crippen LogP contribution in [0.1, 0.15) is 57.1 Å². The van der Waals surface area contributed by atoms with Gasteiger partial charge in [-0.2, -0.15) is 18.4 Å². The van der Waals surface area contributed by atoms with E-state index in [2.05, 4.69) is 41.8 Å². The van der Waals surface area contributed by atoms with Crippen LogP contribution in [-0.4, -0.2) is 108 Å². The third-order valence-electron chi connectivity index (χ3n) is 9.69. The van der Waals surface area contributed by atoms with Crippen molar-refractivity contribution < 1.29 is 32.1 Å². The predicted octanol–water partition coefficient (Wildman–Crippen LogP) is 4.71. The molecular formula is C34H40F3N11O4. The summed E-state index contributed by atoms with van der Waals surface area (Å²) in [6, 6.07) is 9.07. The fourth-order valence-electron chi connectivity index (χ4n) is 7.35. The van der Waals surface area contributed by atoms with Crippen molar-refractivity contribution in [2.24, 2.45) is 0 Å². The second-order valence-corrected chi connectivity index (χ2v) is 13.4. The molecule has 1 N–H and O–H groups in total. The van der Waals surface area contributed by atoms with E-state index in [4.69, 9.17) is 24.0 Å². The van der Waals surface area contributed by atoms with Crippen LogP contribution in [0.4, 0.5) is 24.8 Å². The summed E-state index contributed by atoms with van der Waals surface area (Å²) in [7, 11) is 0. The maximum Gasteiger partial charge on any atom is 0.411 e. The lowest BCUT2D eigenvalue weighted by Crippen LogP contribution is -2.52. The molecule has 1 saturated carbocycles. The minimum absolute atomic E-state index is 0.119. The normalized spacial score (nSPS) is 22.5. The van der Waals surface area contributed by atoms with Crippen molar-refractivity contribution in [2.45, 2.75) is 88.4 Å². The van der Waals surface area contributed by atoms with Crippen molar-refractivity contribution in [3.05, 3.63) is 48.7 Å². The van der Waals surface area contributed by atoms with Crippen molar-refractivity contribution in [2.75, 3.05) is 38.4 Å². The molecule has 3 fully saturated rings. The summed E-state index contributed by atoms with van der Waals surface area (Å²) in [5, 5.41) is 28.7. The van der Waals surface area contributed by atoms with Crippen molar-refractivity contribution >= 4 is 11.6 Å². The van der Waals surface area contributed by atoms with E-state index < -0.39 is 12.8 Å². The Morgan fingerprint density at radius 1 is 1.00 bits per heavy atom. The number of tetrazole rings is 1. The molecule has 1 aliphatic carbocycles. The number of anilines is 2. The van der Waals surface area contributed by atoms with Crippen LogP contribution in [0.5, 0.6) is 11.6 Å². The second kappa shape index (κ2) is 15.8. The van der Waals surface area contributed by atoms with Gasteiger partial charge in [-0.3, -0.25) is 9.58 Å². The summed E-state index contributed by atoms with van der Waals surface area (Å²) >= 11 is 0. The molecule has 0 radical (unpaired) electrons. The summed E-state index contributed by atoms with van der Waals surface area (Å²) < 4.78 is 63.6. The molecule has 276 valence electrons. The van der Waals surface area contributed by atoms with Gasteiger partial charge in [0.2, 0.25) is 5.95 Å². The topological polar surface area (TPSA) is 163 Å². The Hall–Kier alpha value is -4.86. The fourth-order valence-corrected chi connectivity index (χ4v) is 7.35. The van der Waals surface area contributed by atoms with Crippen LogP contribution in [0.3, 0.4) is 0 Å². The molecule has 0 spiro atoms. The van der Waals surface area contributed by atoms with Crippen molar-refractivity contribution in [3.63, 3.8) is 0 Å².